The number of hydrogen-bond acceptors (Lipinski definition) is 5. The van der Waals surface area contributed by atoms with Crippen molar-refractivity contribution in [1.29, 1.82) is 0 Å². The van der Waals surface area contributed by atoms with Gasteiger partial charge in [-0.05, 0) is 17.5 Å². The molecule has 7 heteroatoms. The van der Waals surface area contributed by atoms with Crippen molar-refractivity contribution in [1.82, 2.24) is 0 Å². The fourth-order valence-electron chi connectivity index (χ4n) is 2.71. The number of nitro benzene ring substituents is 1. The summed E-state index contributed by atoms with van der Waals surface area (Å²) in [6.07, 6.45) is 0.786. The van der Waals surface area contributed by atoms with Crippen LogP contribution in [0.25, 0.3) is 0 Å². The highest BCUT2D eigenvalue weighted by Crippen LogP contribution is 2.28. The maximum atomic E-state index is 12.6. The van der Waals surface area contributed by atoms with Gasteiger partial charge in [-0.2, -0.15) is 0 Å². The summed E-state index contributed by atoms with van der Waals surface area (Å²) in [6.45, 7) is 3.49. The molecule has 0 spiro atoms. The highest BCUT2D eigenvalue weighted by Gasteiger charge is 2.27. The molecule has 2 aromatic rings. The molecule has 0 aliphatic rings. The number of nitrogens with one attached hydrogen (secondary N) is 1. The highest BCUT2D eigenvalue weighted by atomic mass is 16.6. The molecular formula is C20H22N2O5. The molecule has 0 saturated heterocycles. The maximum absolute atomic E-state index is 12.6. The van der Waals surface area contributed by atoms with E-state index in [1.165, 1.54) is 24.3 Å². The Kier molecular flexibility index (Phi) is 7.05. The van der Waals surface area contributed by atoms with Crippen LogP contribution in [-0.2, 0) is 14.3 Å². The summed E-state index contributed by atoms with van der Waals surface area (Å²) in [6, 6.07) is 14.9. The zero-order valence-electron chi connectivity index (χ0n) is 15.3. The first-order chi connectivity index (χ1) is 12.9. The third-order valence-corrected chi connectivity index (χ3v) is 4.31. The minimum Gasteiger partial charge on any atom is -0.455 e. The summed E-state index contributed by atoms with van der Waals surface area (Å²) in [4.78, 5) is 34.8. The Morgan fingerprint density at radius 3 is 2.48 bits per heavy atom. The Bertz CT molecular complexity index is 807. The predicted molar refractivity (Wildman–Crippen MR) is 101 cm³/mol. The van der Waals surface area contributed by atoms with E-state index >= 15 is 0 Å². The van der Waals surface area contributed by atoms with E-state index in [-0.39, 0.29) is 17.3 Å². The number of ether oxygens (including phenoxy) is 1. The minimum atomic E-state index is -0.556. The largest absolute Gasteiger partial charge is 0.455 e. The van der Waals surface area contributed by atoms with Crippen molar-refractivity contribution in [3.05, 3.63) is 70.3 Å². The number of esters is 1. The van der Waals surface area contributed by atoms with Crippen molar-refractivity contribution in [2.24, 2.45) is 5.92 Å². The van der Waals surface area contributed by atoms with Crippen LogP contribution >= 0.6 is 0 Å². The van der Waals surface area contributed by atoms with Crippen LogP contribution in [0.4, 0.5) is 11.4 Å². The molecule has 0 aliphatic carbocycles. The third kappa shape index (κ3) is 5.64. The summed E-state index contributed by atoms with van der Waals surface area (Å²) >= 11 is 0. The summed E-state index contributed by atoms with van der Waals surface area (Å²) < 4.78 is 5.21. The van der Waals surface area contributed by atoms with E-state index < -0.39 is 29.3 Å². The number of non-ortho nitro benzene ring substituents is 1. The molecular weight excluding hydrogens is 348 g/mol. The Morgan fingerprint density at radius 2 is 1.85 bits per heavy atom. The van der Waals surface area contributed by atoms with Gasteiger partial charge in [0.2, 0.25) is 0 Å². The van der Waals surface area contributed by atoms with Gasteiger partial charge < -0.3 is 10.1 Å². The van der Waals surface area contributed by atoms with Gasteiger partial charge in [0.1, 0.15) is 0 Å². The molecule has 0 aliphatic heterocycles. The second kappa shape index (κ2) is 9.47. The predicted octanol–water partition coefficient (Wildman–Crippen LogP) is 3.91. The molecule has 0 aromatic heterocycles. The summed E-state index contributed by atoms with van der Waals surface area (Å²) in [5, 5.41) is 13.3. The van der Waals surface area contributed by atoms with Crippen LogP contribution in [0.3, 0.4) is 0 Å². The number of carbonyl (C=O) groups excluding carboxylic acids is 2. The zero-order chi connectivity index (χ0) is 19.8. The van der Waals surface area contributed by atoms with E-state index in [1.54, 1.807) is 0 Å². The van der Waals surface area contributed by atoms with Crippen molar-refractivity contribution >= 4 is 23.3 Å². The van der Waals surface area contributed by atoms with Crippen molar-refractivity contribution in [3.8, 4) is 0 Å². The number of anilines is 1. The maximum Gasteiger partial charge on any atom is 0.314 e. The lowest BCUT2D eigenvalue weighted by Gasteiger charge is -2.21. The van der Waals surface area contributed by atoms with Gasteiger partial charge in [-0.1, -0.05) is 56.7 Å². The number of carbonyl (C=O) groups is 2. The Labute approximate surface area is 157 Å². The number of benzene rings is 2. The van der Waals surface area contributed by atoms with Crippen LogP contribution in [-0.4, -0.2) is 23.4 Å². The van der Waals surface area contributed by atoms with Gasteiger partial charge in [0.25, 0.3) is 11.6 Å². The SMILES string of the molecule is CC[C@@H](C)[C@@H](C(=O)OCC(=O)Nc1cccc([N+](=O)[O-])c1)c1ccccc1. The van der Waals surface area contributed by atoms with Crippen LogP contribution in [0.15, 0.2) is 54.6 Å². The lowest BCUT2D eigenvalue weighted by Crippen LogP contribution is -2.26. The lowest BCUT2D eigenvalue weighted by molar-refractivity contribution is -0.384. The molecule has 2 rings (SSSR count). The zero-order valence-corrected chi connectivity index (χ0v) is 15.3. The van der Waals surface area contributed by atoms with Crippen LogP contribution in [0, 0.1) is 16.0 Å². The normalized spacial score (nSPS) is 12.7. The third-order valence-electron chi connectivity index (χ3n) is 4.31. The summed E-state index contributed by atoms with van der Waals surface area (Å²) in [7, 11) is 0. The van der Waals surface area contributed by atoms with Gasteiger partial charge in [0.15, 0.2) is 6.61 Å². The standard InChI is InChI=1S/C20H22N2O5/c1-3-14(2)19(15-8-5-4-6-9-15)20(24)27-13-18(23)21-16-10-7-11-17(12-16)22(25)26/h4-12,14,19H,3,13H2,1-2H3,(H,21,23)/t14-,19-/m1/s1. The molecule has 0 heterocycles. The van der Waals surface area contributed by atoms with Gasteiger partial charge in [0, 0.05) is 17.8 Å². The molecule has 0 radical (unpaired) electrons. The highest BCUT2D eigenvalue weighted by molar-refractivity contribution is 5.93. The van der Waals surface area contributed by atoms with Crippen LogP contribution in [0.5, 0.6) is 0 Å². The van der Waals surface area contributed by atoms with Gasteiger partial charge in [-0.25, -0.2) is 0 Å². The van der Waals surface area contributed by atoms with E-state index in [2.05, 4.69) is 5.32 Å². The molecule has 2 atom stereocenters. The first kappa shape index (κ1) is 20.1. The molecule has 2 aromatic carbocycles. The number of hydrogen-bond donors (Lipinski definition) is 1. The number of nitro groups is 1. The van der Waals surface area contributed by atoms with Crippen molar-refractivity contribution < 1.29 is 19.2 Å². The smallest absolute Gasteiger partial charge is 0.314 e. The van der Waals surface area contributed by atoms with Crippen molar-refractivity contribution in [2.45, 2.75) is 26.2 Å². The minimum absolute atomic E-state index is 0.0553. The van der Waals surface area contributed by atoms with Gasteiger partial charge in [0.05, 0.1) is 10.8 Å². The van der Waals surface area contributed by atoms with E-state index in [0.717, 1.165) is 12.0 Å². The quantitative estimate of drug-likeness (QED) is 0.431. The second-order valence-corrected chi connectivity index (χ2v) is 6.24. The van der Waals surface area contributed by atoms with E-state index in [1.807, 2.05) is 44.2 Å². The lowest BCUT2D eigenvalue weighted by atomic mass is 9.86. The van der Waals surface area contributed by atoms with E-state index in [9.17, 15) is 19.7 Å². The molecule has 0 fully saturated rings. The average molecular weight is 370 g/mol. The summed E-state index contributed by atoms with van der Waals surface area (Å²) in [5.74, 6) is -1.42. The fourth-order valence-corrected chi connectivity index (χ4v) is 2.71. The first-order valence-electron chi connectivity index (χ1n) is 8.68. The molecule has 27 heavy (non-hydrogen) atoms. The van der Waals surface area contributed by atoms with Gasteiger partial charge in [-0.15, -0.1) is 0 Å². The van der Waals surface area contributed by atoms with E-state index in [4.69, 9.17) is 4.74 Å². The van der Waals surface area contributed by atoms with Gasteiger partial charge >= 0.3 is 5.97 Å². The number of amides is 1. The van der Waals surface area contributed by atoms with Crippen molar-refractivity contribution in [3.63, 3.8) is 0 Å². The number of nitrogens with zero attached hydrogens (tertiary/aromatic N) is 1. The summed E-state index contributed by atoms with van der Waals surface area (Å²) in [5.41, 5.74) is 0.980. The second-order valence-electron chi connectivity index (χ2n) is 6.24. The van der Waals surface area contributed by atoms with E-state index in [0.29, 0.717) is 0 Å². The Morgan fingerprint density at radius 1 is 1.15 bits per heavy atom. The van der Waals surface area contributed by atoms with Crippen LogP contribution in [0.1, 0.15) is 31.7 Å². The average Bonchev–Trinajstić information content (AvgIpc) is 2.67. The number of rotatable bonds is 8. The Hall–Kier alpha value is -3.22. The van der Waals surface area contributed by atoms with Crippen molar-refractivity contribution in [2.75, 3.05) is 11.9 Å². The molecule has 7 nitrogen and oxygen atoms in total. The molecule has 1 amide bonds. The fraction of sp³-hybridized carbons (Fsp3) is 0.300. The van der Waals surface area contributed by atoms with Gasteiger partial charge in [-0.3, -0.25) is 19.7 Å². The topological polar surface area (TPSA) is 98.5 Å². The molecule has 142 valence electrons. The molecule has 0 saturated carbocycles. The van der Waals surface area contributed by atoms with Crippen LogP contribution in [0.2, 0.25) is 0 Å². The molecule has 1 N–H and O–H groups in total. The van der Waals surface area contributed by atoms with Crippen LogP contribution < -0.4 is 5.32 Å². The Balaban J connectivity index is 1.99. The first-order valence-corrected chi connectivity index (χ1v) is 8.68. The monoisotopic (exact) mass is 370 g/mol. The molecule has 0 unspecified atom stereocenters. The molecule has 0 bridgehead atoms.